The molecule has 0 radical (unpaired) electrons. The summed E-state index contributed by atoms with van der Waals surface area (Å²) in [6.07, 6.45) is 6.28. The van der Waals surface area contributed by atoms with Gasteiger partial charge in [0.05, 0.1) is 0 Å². The Balaban J connectivity index is 2.48. The number of primary amides is 1. The van der Waals surface area contributed by atoms with Gasteiger partial charge in [-0.1, -0.05) is 26.7 Å². The summed E-state index contributed by atoms with van der Waals surface area (Å²) in [5.74, 6) is 0.697. The maximum absolute atomic E-state index is 10.7. The van der Waals surface area contributed by atoms with Crippen molar-refractivity contribution in [1.82, 2.24) is 5.32 Å². The molecule has 1 aliphatic carbocycles. The maximum atomic E-state index is 10.7. The van der Waals surface area contributed by atoms with Gasteiger partial charge in [-0.15, -0.1) is 0 Å². The van der Waals surface area contributed by atoms with Crippen LogP contribution in [0.4, 0.5) is 4.79 Å². The van der Waals surface area contributed by atoms with Crippen molar-refractivity contribution in [3.05, 3.63) is 0 Å². The van der Waals surface area contributed by atoms with Gasteiger partial charge in [-0.05, 0) is 30.6 Å². The second-order valence-electron chi connectivity index (χ2n) is 5.02. The van der Waals surface area contributed by atoms with Gasteiger partial charge in [0.25, 0.3) is 0 Å². The molecule has 1 aliphatic rings. The fraction of sp³-hybridized carbons (Fsp3) is 0.909. The molecule has 0 aromatic heterocycles. The van der Waals surface area contributed by atoms with Crippen LogP contribution in [0.25, 0.3) is 0 Å². The smallest absolute Gasteiger partial charge is 0.312 e. The maximum Gasteiger partial charge on any atom is 0.312 e. The van der Waals surface area contributed by atoms with Gasteiger partial charge in [0, 0.05) is 6.54 Å². The van der Waals surface area contributed by atoms with Gasteiger partial charge in [0.15, 0.2) is 0 Å². The molecular weight excluding hydrogens is 176 g/mol. The van der Waals surface area contributed by atoms with Crippen LogP contribution < -0.4 is 11.1 Å². The number of hydrogen-bond acceptors (Lipinski definition) is 1. The van der Waals surface area contributed by atoms with Crippen LogP contribution in [0.5, 0.6) is 0 Å². The van der Waals surface area contributed by atoms with Gasteiger partial charge >= 0.3 is 6.03 Å². The van der Waals surface area contributed by atoms with Crippen molar-refractivity contribution in [1.29, 1.82) is 0 Å². The van der Waals surface area contributed by atoms with E-state index in [-0.39, 0.29) is 6.03 Å². The van der Waals surface area contributed by atoms with Crippen LogP contribution in [-0.4, -0.2) is 12.6 Å². The van der Waals surface area contributed by atoms with Crippen LogP contribution in [0.15, 0.2) is 0 Å². The minimum atomic E-state index is -0.389. The fourth-order valence-corrected chi connectivity index (χ4v) is 2.72. The molecule has 82 valence electrons. The molecule has 0 unspecified atom stereocenters. The molecule has 3 nitrogen and oxygen atoms in total. The number of nitrogens with two attached hydrogens (primary N) is 1. The molecule has 14 heavy (non-hydrogen) atoms. The standard InChI is InChI=1S/C11H22N2O/c1-9(2)7-11(5-3-4-6-11)8-13-10(12)14/h9H,3-8H2,1-2H3,(H3,12,13,14). The Bertz CT molecular complexity index is 195. The third kappa shape index (κ3) is 3.20. The Morgan fingerprint density at radius 2 is 2.00 bits per heavy atom. The Kier molecular flexibility index (Phi) is 3.78. The number of nitrogens with one attached hydrogen (secondary N) is 1. The van der Waals surface area contributed by atoms with Gasteiger partial charge in [0.2, 0.25) is 0 Å². The Morgan fingerprint density at radius 1 is 1.43 bits per heavy atom. The normalized spacial score (nSPS) is 19.9. The number of hydrogen-bond donors (Lipinski definition) is 2. The lowest BCUT2D eigenvalue weighted by molar-refractivity contribution is 0.213. The molecule has 0 bridgehead atoms. The van der Waals surface area contributed by atoms with Crippen LogP contribution >= 0.6 is 0 Å². The Labute approximate surface area is 86.4 Å². The summed E-state index contributed by atoms with van der Waals surface area (Å²) in [4.78, 5) is 10.7. The quantitative estimate of drug-likeness (QED) is 0.715. The highest BCUT2D eigenvalue weighted by Gasteiger charge is 2.34. The zero-order valence-electron chi connectivity index (χ0n) is 9.31. The Morgan fingerprint density at radius 3 is 2.43 bits per heavy atom. The molecule has 2 amide bonds. The summed E-state index contributed by atoms with van der Waals surface area (Å²) in [5, 5.41) is 2.77. The summed E-state index contributed by atoms with van der Waals surface area (Å²) < 4.78 is 0. The molecule has 0 aliphatic heterocycles. The lowest BCUT2D eigenvalue weighted by atomic mass is 9.78. The third-order valence-electron chi connectivity index (χ3n) is 3.14. The minimum absolute atomic E-state index is 0.337. The molecule has 1 saturated carbocycles. The number of amides is 2. The molecular formula is C11H22N2O. The molecule has 0 heterocycles. The lowest BCUT2D eigenvalue weighted by Gasteiger charge is -2.30. The number of carbonyl (C=O) groups excluding carboxylic acids is 1. The van der Waals surface area contributed by atoms with Crippen molar-refractivity contribution in [3.63, 3.8) is 0 Å². The zero-order chi connectivity index (χ0) is 10.6. The van der Waals surface area contributed by atoms with E-state index in [9.17, 15) is 4.79 Å². The number of urea groups is 1. The molecule has 3 heteroatoms. The van der Waals surface area contributed by atoms with Gasteiger partial charge in [-0.2, -0.15) is 0 Å². The number of rotatable bonds is 4. The van der Waals surface area contributed by atoms with Crippen molar-refractivity contribution in [3.8, 4) is 0 Å². The van der Waals surface area contributed by atoms with E-state index in [2.05, 4.69) is 19.2 Å². The molecule has 1 rings (SSSR count). The van der Waals surface area contributed by atoms with E-state index in [1.165, 1.54) is 32.1 Å². The summed E-state index contributed by atoms with van der Waals surface area (Å²) in [6.45, 7) is 5.25. The monoisotopic (exact) mass is 198 g/mol. The van der Waals surface area contributed by atoms with Crippen LogP contribution in [0, 0.1) is 11.3 Å². The second kappa shape index (κ2) is 4.67. The first-order chi connectivity index (χ1) is 6.54. The highest BCUT2D eigenvalue weighted by atomic mass is 16.2. The average molecular weight is 198 g/mol. The summed E-state index contributed by atoms with van der Waals surface area (Å²) in [7, 11) is 0. The van der Waals surface area contributed by atoms with Crippen molar-refractivity contribution in [2.75, 3.05) is 6.54 Å². The first-order valence-electron chi connectivity index (χ1n) is 5.57. The van der Waals surface area contributed by atoms with E-state index >= 15 is 0 Å². The van der Waals surface area contributed by atoms with E-state index in [0.717, 1.165) is 6.54 Å². The molecule has 0 spiro atoms. The highest BCUT2D eigenvalue weighted by Crippen LogP contribution is 2.42. The number of carbonyl (C=O) groups is 1. The van der Waals surface area contributed by atoms with E-state index in [1.54, 1.807) is 0 Å². The zero-order valence-corrected chi connectivity index (χ0v) is 9.31. The molecule has 1 fully saturated rings. The third-order valence-corrected chi connectivity index (χ3v) is 3.14. The topological polar surface area (TPSA) is 55.1 Å². The van der Waals surface area contributed by atoms with E-state index in [1.807, 2.05) is 0 Å². The molecule has 0 aromatic carbocycles. The van der Waals surface area contributed by atoms with Crippen LogP contribution in [0.1, 0.15) is 46.0 Å². The minimum Gasteiger partial charge on any atom is -0.352 e. The predicted octanol–water partition coefficient (Wildman–Crippen LogP) is 2.26. The first kappa shape index (κ1) is 11.3. The van der Waals surface area contributed by atoms with Gasteiger partial charge in [-0.25, -0.2) is 4.79 Å². The fourth-order valence-electron chi connectivity index (χ4n) is 2.72. The summed E-state index contributed by atoms with van der Waals surface area (Å²) in [5.41, 5.74) is 5.45. The Hall–Kier alpha value is -0.730. The highest BCUT2D eigenvalue weighted by molar-refractivity contribution is 5.71. The van der Waals surface area contributed by atoms with Crippen molar-refractivity contribution < 1.29 is 4.79 Å². The van der Waals surface area contributed by atoms with Gasteiger partial charge < -0.3 is 11.1 Å². The van der Waals surface area contributed by atoms with Crippen molar-refractivity contribution in [2.24, 2.45) is 17.1 Å². The van der Waals surface area contributed by atoms with Crippen LogP contribution in [0.3, 0.4) is 0 Å². The molecule has 0 aromatic rings. The molecule has 0 saturated heterocycles. The van der Waals surface area contributed by atoms with Crippen molar-refractivity contribution in [2.45, 2.75) is 46.0 Å². The van der Waals surface area contributed by atoms with E-state index in [0.29, 0.717) is 11.3 Å². The van der Waals surface area contributed by atoms with Crippen LogP contribution in [-0.2, 0) is 0 Å². The SMILES string of the molecule is CC(C)CC1(CNC(N)=O)CCCC1. The second-order valence-corrected chi connectivity index (χ2v) is 5.02. The average Bonchev–Trinajstić information content (AvgIpc) is 2.49. The van der Waals surface area contributed by atoms with Gasteiger partial charge in [0.1, 0.15) is 0 Å². The van der Waals surface area contributed by atoms with Gasteiger partial charge in [-0.3, -0.25) is 0 Å². The molecule has 3 N–H and O–H groups in total. The molecule has 0 atom stereocenters. The summed E-state index contributed by atoms with van der Waals surface area (Å²) in [6, 6.07) is -0.389. The first-order valence-corrected chi connectivity index (χ1v) is 5.57. The van der Waals surface area contributed by atoms with E-state index < -0.39 is 0 Å². The van der Waals surface area contributed by atoms with Crippen molar-refractivity contribution >= 4 is 6.03 Å². The largest absolute Gasteiger partial charge is 0.352 e. The summed E-state index contributed by atoms with van der Waals surface area (Å²) >= 11 is 0. The predicted molar refractivity (Wildman–Crippen MR) is 57.9 cm³/mol. The lowest BCUT2D eigenvalue weighted by Crippen LogP contribution is -2.39. The van der Waals surface area contributed by atoms with Crippen LogP contribution in [0.2, 0.25) is 0 Å². The van der Waals surface area contributed by atoms with E-state index in [4.69, 9.17) is 5.73 Å².